The minimum Gasteiger partial charge on any atom is -0.507 e. The second-order valence-electron chi connectivity index (χ2n) is 5.77. The van der Waals surface area contributed by atoms with Crippen molar-refractivity contribution in [3.63, 3.8) is 0 Å². The first-order chi connectivity index (χ1) is 12.1. The van der Waals surface area contributed by atoms with Crippen molar-refractivity contribution in [1.82, 2.24) is 0 Å². The summed E-state index contributed by atoms with van der Waals surface area (Å²) in [5, 5.41) is 10.5. The number of benzene rings is 3. The van der Waals surface area contributed by atoms with Gasteiger partial charge in [-0.15, -0.1) is 0 Å². The lowest BCUT2D eigenvalue weighted by Gasteiger charge is -2.10. The molecule has 0 aliphatic carbocycles. The normalized spacial score (nSPS) is 12.2. The van der Waals surface area contributed by atoms with E-state index in [2.05, 4.69) is 4.72 Å². The van der Waals surface area contributed by atoms with E-state index in [9.17, 15) is 21.9 Å². The minimum absolute atomic E-state index is 0.0812. The quantitative estimate of drug-likeness (QED) is 0.586. The molecule has 0 unspecified atom stereocenters. The Morgan fingerprint density at radius 1 is 0.846 bits per heavy atom. The molecule has 0 aliphatic rings. The van der Waals surface area contributed by atoms with Gasteiger partial charge in [-0.1, -0.05) is 17.7 Å². The lowest BCUT2D eigenvalue weighted by atomic mass is 10.1. The van der Waals surface area contributed by atoms with E-state index in [4.69, 9.17) is 4.55 Å². The van der Waals surface area contributed by atoms with Crippen LogP contribution in [-0.2, 0) is 20.1 Å². The maximum absolute atomic E-state index is 12.4. The van der Waals surface area contributed by atoms with Gasteiger partial charge in [-0.25, -0.2) is 8.42 Å². The Bertz CT molecular complexity index is 1200. The van der Waals surface area contributed by atoms with Gasteiger partial charge in [0.2, 0.25) is 0 Å². The van der Waals surface area contributed by atoms with Gasteiger partial charge in [-0.3, -0.25) is 9.27 Å². The molecule has 0 aromatic heterocycles. The molecule has 3 rings (SSSR count). The van der Waals surface area contributed by atoms with Crippen LogP contribution in [0.25, 0.3) is 10.8 Å². The Kier molecular flexibility index (Phi) is 4.39. The molecule has 0 fully saturated rings. The van der Waals surface area contributed by atoms with E-state index in [1.165, 1.54) is 30.3 Å². The van der Waals surface area contributed by atoms with E-state index in [1.807, 2.05) is 6.92 Å². The van der Waals surface area contributed by atoms with Gasteiger partial charge in [0.25, 0.3) is 20.1 Å². The van der Waals surface area contributed by atoms with Crippen LogP contribution in [0.15, 0.2) is 64.4 Å². The number of sulfonamides is 1. The molecule has 136 valence electrons. The molecule has 9 heteroatoms. The largest absolute Gasteiger partial charge is 0.507 e. The maximum atomic E-state index is 12.4. The number of hydrogen-bond acceptors (Lipinski definition) is 5. The number of rotatable bonds is 4. The van der Waals surface area contributed by atoms with Crippen LogP contribution in [0.5, 0.6) is 5.75 Å². The molecule has 0 spiro atoms. The molecular weight excluding hydrogens is 378 g/mol. The average Bonchev–Trinajstić information content (AvgIpc) is 2.53. The molecule has 0 saturated heterocycles. The van der Waals surface area contributed by atoms with Gasteiger partial charge in [-0.2, -0.15) is 8.42 Å². The molecule has 0 heterocycles. The number of hydrogen-bond donors (Lipinski definition) is 3. The van der Waals surface area contributed by atoms with Crippen LogP contribution in [0.1, 0.15) is 5.56 Å². The zero-order valence-electron chi connectivity index (χ0n) is 13.5. The van der Waals surface area contributed by atoms with Gasteiger partial charge >= 0.3 is 0 Å². The number of aryl methyl sites for hydroxylation is 1. The number of aromatic hydroxyl groups is 1. The first kappa shape index (κ1) is 18.2. The summed E-state index contributed by atoms with van der Waals surface area (Å²) < 4.78 is 59.0. The van der Waals surface area contributed by atoms with Crippen molar-refractivity contribution in [3.05, 3.63) is 60.2 Å². The SMILES string of the molecule is Cc1ccc(S(=O)(=O)Nc2ccc3c(O)cc(S(=O)(=O)O)cc3c2)cc1. The molecule has 0 amide bonds. The highest BCUT2D eigenvalue weighted by atomic mass is 32.2. The molecule has 0 saturated carbocycles. The van der Waals surface area contributed by atoms with Crippen molar-refractivity contribution in [2.75, 3.05) is 4.72 Å². The molecular formula is C17H15NO6S2. The molecule has 0 aliphatic heterocycles. The van der Waals surface area contributed by atoms with Gasteiger partial charge in [0.05, 0.1) is 9.79 Å². The molecule has 7 nitrogen and oxygen atoms in total. The van der Waals surface area contributed by atoms with Crippen LogP contribution in [0.4, 0.5) is 5.69 Å². The van der Waals surface area contributed by atoms with E-state index in [0.29, 0.717) is 5.39 Å². The Morgan fingerprint density at radius 3 is 2.12 bits per heavy atom. The highest BCUT2D eigenvalue weighted by Gasteiger charge is 2.16. The van der Waals surface area contributed by atoms with E-state index < -0.39 is 25.0 Å². The Morgan fingerprint density at radius 2 is 1.50 bits per heavy atom. The van der Waals surface area contributed by atoms with Crippen LogP contribution >= 0.6 is 0 Å². The van der Waals surface area contributed by atoms with E-state index in [0.717, 1.165) is 17.7 Å². The minimum atomic E-state index is -4.51. The molecule has 3 aromatic carbocycles. The van der Waals surface area contributed by atoms with Crippen molar-refractivity contribution >= 4 is 36.6 Å². The molecule has 26 heavy (non-hydrogen) atoms. The molecule has 3 N–H and O–H groups in total. The highest BCUT2D eigenvalue weighted by Crippen LogP contribution is 2.31. The fourth-order valence-electron chi connectivity index (χ4n) is 2.47. The third kappa shape index (κ3) is 3.64. The standard InChI is InChI=1S/C17H15NO6S2/c1-11-2-5-14(6-3-11)25(20,21)18-13-4-7-16-12(8-13)9-15(10-17(16)19)26(22,23)24/h2-10,18-19H,1H3,(H,22,23,24). The fraction of sp³-hybridized carbons (Fsp3) is 0.0588. The van der Waals surface area contributed by atoms with E-state index >= 15 is 0 Å². The van der Waals surface area contributed by atoms with Crippen LogP contribution in [-0.4, -0.2) is 26.5 Å². The Labute approximate surface area is 150 Å². The van der Waals surface area contributed by atoms with Crippen LogP contribution in [0.3, 0.4) is 0 Å². The Hall–Kier alpha value is -2.62. The third-order valence-electron chi connectivity index (χ3n) is 3.79. The summed E-state index contributed by atoms with van der Waals surface area (Å²) in [6, 6.07) is 12.6. The van der Waals surface area contributed by atoms with Gasteiger partial charge in [0.15, 0.2) is 0 Å². The van der Waals surface area contributed by atoms with Crippen LogP contribution in [0.2, 0.25) is 0 Å². The smallest absolute Gasteiger partial charge is 0.294 e. The van der Waals surface area contributed by atoms with Crippen LogP contribution in [0, 0.1) is 6.92 Å². The second kappa shape index (κ2) is 6.27. The maximum Gasteiger partial charge on any atom is 0.294 e. The summed E-state index contributed by atoms with van der Waals surface area (Å²) in [5.41, 5.74) is 1.10. The van der Waals surface area contributed by atoms with Gasteiger partial charge < -0.3 is 5.11 Å². The molecule has 0 bridgehead atoms. The Balaban J connectivity index is 2.04. The van der Waals surface area contributed by atoms with Gasteiger partial charge in [0, 0.05) is 17.1 Å². The number of fused-ring (bicyclic) bond motifs is 1. The summed E-state index contributed by atoms with van der Waals surface area (Å²) in [7, 11) is -8.34. The van der Waals surface area contributed by atoms with Gasteiger partial charge in [0.1, 0.15) is 5.75 Å². The van der Waals surface area contributed by atoms with Crippen molar-refractivity contribution in [1.29, 1.82) is 0 Å². The zero-order valence-corrected chi connectivity index (χ0v) is 15.2. The highest BCUT2D eigenvalue weighted by molar-refractivity contribution is 7.92. The van der Waals surface area contributed by atoms with Gasteiger partial charge in [-0.05, 0) is 48.7 Å². The lowest BCUT2D eigenvalue weighted by Crippen LogP contribution is -2.12. The zero-order chi connectivity index (χ0) is 19.1. The molecule has 0 atom stereocenters. The van der Waals surface area contributed by atoms with Crippen molar-refractivity contribution < 1.29 is 26.5 Å². The fourth-order valence-corrected chi connectivity index (χ4v) is 4.05. The predicted molar refractivity (Wildman–Crippen MR) is 97.4 cm³/mol. The van der Waals surface area contributed by atoms with E-state index in [1.54, 1.807) is 12.1 Å². The first-order valence-corrected chi connectivity index (χ1v) is 10.3. The second-order valence-corrected chi connectivity index (χ2v) is 8.88. The number of nitrogens with one attached hydrogen (secondary N) is 1. The summed E-state index contributed by atoms with van der Waals surface area (Å²) in [4.78, 5) is -0.404. The van der Waals surface area contributed by atoms with Crippen LogP contribution < -0.4 is 4.72 Å². The summed E-state index contributed by atoms with van der Waals surface area (Å²) in [5.74, 6) is -0.344. The lowest BCUT2D eigenvalue weighted by molar-refractivity contribution is 0.471. The monoisotopic (exact) mass is 393 g/mol. The average molecular weight is 393 g/mol. The third-order valence-corrected chi connectivity index (χ3v) is 6.01. The van der Waals surface area contributed by atoms with Crippen molar-refractivity contribution in [2.24, 2.45) is 0 Å². The number of phenols is 1. The number of anilines is 1. The summed E-state index contributed by atoms with van der Waals surface area (Å²) in [6.45, 7) is 1.84. The van der Waals surface area contributed by atoms with E-state index in [-0.39, 0.29) is 21.7 Å². The topological polar surface area (TPSA) is 121 Å². The summed E-state index contributed by atoms with van der Waals surface area (Å²) >= 11 is 0. The van der Waals surface area contributed by atoms with Crippen molar-refractivity contribution in [2.45, 2.75) is 16.7 Å². The molecule has 0 radical (unpaired) electrons. The number of phenolic OH excluding ortho intramolecular Hbond substituents is 1. The predicted octanol–water partition coefficient (Wildman–Crippen LogP) is 2.90. The summed E-state index contributed by atoms with van der Waals surface area (Å²) in [6.07, 6.45) is 0. The first-order valence-electron chi connectivity index (χ1n) is 7.40. The molecule has 3 aromatic rings. The van der Waals surface area contributed by atoms with Crippen molar-refractivity contribution in [3.8, 4) is 5.75 Å².